The Labute approximate surface area is 238 Å². The van der Waals surface area contributed by atoms with Crippen molar-refractivity contribution in [2.45, 2.75) is 63.5 Å². The summed E-state index contributed by atoms with van der Waals surface area (Å²) in [6.45, 7) is 5.49. The summed E-state index contributed by atoms with van der Waals surface area (Å²) < 4.78 is 0. The van der Waals surface area contributed by atoms with Crippen LogP contribution in [0.3, 0.4) is 0 Å². The van der Waals surface area contributed by atoms with Gasteiger partial charge in [-0.25, -0.2) is 0 Å². The summed E-state index contributed by atoms with van der Waals surface area (Å²) in [4.78, 5) is 27.0. The van der Waals surface area contributed by atoms with E-state index in [1.807, 2.05) is 17.3 Å². The van der Waals surface area contributed by atoms with E-state index >= 15 is 0 Å². The van der Waals surface area contributed by atoms with Crippen molar-refractivity contribution in [3.05, 3.63) is 82.9 Å². The number of nitrogens with two attached hydrogens (primary N) is 1. The first kappa shape index (κ1) is 27.1. The molecule has 1 saturated heterocycles. The molecule has 3 aromatic rings. The second-order valence-corrected chi connectivity index (χ2v) is 11.5. The van der Waals surface area contributed by atoms with Gasteiger partial charge in [0.05, 0.1) is 24.0 Å². The zero-order chi connectivity index (χ0) is 27.3. The molecule has 0 spiro atoms. The van der Waals surface area contributed by atoms with Gasteiger partial charge in [0, 0.05) is 44.5 Å². The van der Waals surface area contributed by atoms with Crippen molar-refractivity contribution in [2.24, 2.45) is 5.73 Å². The predicted molar refractivity (Wildman–Crippen MR) is 159 cm³/mol. The molecule has 1 aliphatic heterocycles. The fraction of sp³-hybridized carbons (Fsp3) is 0.485. The van der Waals surface area contributed by atoms with Crippen LogP contribution in [0.1, 0.15) is 78.6 Å². The fourth-order valence-corrected chi connectivity index (χ4v) is 7.07. The lowest BCUT2D eigenvalue weighted by atomic mass is 9.89. The number of aromatic nitrogens is 2. The standard InChI is InChI=1S/C33H42N6O/c34-15-3-4-19-39(30-13-5-8-24-9-6-16-37-33(24)30)23-29-32-27(12-7-20-38-21-18-35-22-31(38)40)25-10-1-2-11-26(25)28(32)14-17-36-29/h1-2,6,9-11,14,16-17,27,30,35H,3-5,7-8,12-13,15,18-23,34H2/t27?,30-/m0/s1. The van der Waals surface area contributed by atoms with Gasteiger partial charge in [-0.2, -0.15) is 0 Å². The molecule has 6 rings (SSSR count). The molecule has 2 aromatic heterocycles. The first-order valence-corrected chi connectivity index (χ1v) is 15.2. The highest BCUT2D eigenvalue weighted by molar-refractivity contribution is 5.80. The first-order chi connectivity index (χ1) is 19.7. The van der Waals surface area contributed by atoms with Gasteiger partial charge in [-0.1, -0.05) is 30.3 Å². The van der Waals surface area contributed by atoms with Crippen LogP contribution >= 0.6 is 0 Å². The third-order valence-electron chi connectivity index (χ3n) is 9.01. The average Bonchev–Trinajstić information content (AvgIpc) is 3.32. The number of unbranched alkanes of at least 4 members (excludes halogenated alkanes) is 1. The normalized spacial score (nSPS) is 19.9. The topological polar surface area (TPSA) is 87.4 Å². The van der Waals surface area contributed by atoms with E-state index in [2.05, 4.69) is 52.7 Å². The van der Waals surface area contributed by atoms with E-state index in [9.17, 15) is 4.79 Å². The maximum atomic E-state index is 12.4. The summed E-state index contributed by atoms with van der Waals surface area (Å²) in [5.41, 5.74) is 15.2. The van der Waals surface area contributed by atoms with E-state index in [0.717, 1.165) is 77.8 Å². The summed E-state index contributed by atoms with van der Waals surface area (Å²) in [7, 11) is 0. The molecule has 0 saturated carbocycles. The van der Waals surface area contributed by atoms with Gasteiger partial charge in [0.15, 0.2) is 0 Å². The van der Waals surface area contributed by atoms with Gasteiger partial charge in [0.25, 0.3) is 0 Å². The van der Waals surface area contributed by atoms with Gasteiger partial charge >= 0.3 is 0 Å². The molecule has 3 heterocycles. The van der Waals surface area contributed by atoms with Crippen LogP contribution in [0.5, 0.6) is 0 Å². The molecule has 1 amide bonds. The minimum absolute atomic E-state index is 0.218. The third kappa shape index (κ3) is 5.55. The van der Waals surface area contributed by atoms with Gasteiger partial charge in [-0.05, 0) is 98.0 Å². The van der Waals surface area contributed by atoms with E-state index in [1.54, 1.807) is 0 Å². The van der Waals surface area contributed by atoms with Gasteiger partial charge in [0.2, 0.25) is 5.91 Å². The second-order valence-electron chi connectivity index (χ2n) is 11.5. The lowest BCUT2D eigenvalue weighted by molar-refractivity contribution is -0.131. The van der Waals surface area contributed by atoms with Crippen LogP contribution < -0.4 is 11.1 Å². The van der Waals surface area contributed by atoms with Gasteiger partial charge in [0.1, 0.15) is 0 Å². The maximum absolute atomic E-state index is 12.4. The van der Waals surface area contributed by atoms with Crippen LogP contribution in [0, 0.1) is 0 Å². The molecule has 1 aromatic carbocycles. The number of hydrogen-bond donors (Lipinski definition) is 2. The van der Waals surface area contributed by atoms with Crippen LogP contribution in [0.15, 0.2) is 54.9 Å². The molecule has 210 valence electrons. The highest BCUT2D eigenvalue weighted by atomic mass is 16.2. The number of nitrogens with zero attached hydrogens (tertiary/aromatic N) is 4. The summed E-state index contributed by atoms with van der Waals surface area (Å²) >= 11 is 0. The predicted octanol–water partition coefficient (Wildman–Crippen LogP) is 4.42. The van der Waals surface area contributed by atoms with Crippen LogP contribution in [0.25, 0.3) is 11.1 Å². The zero-order valence-corrected chi connectivity index (χ0v) is 23.5. The Morgan fingerprint density at radius 3 is 2.85 bits per heavy atom. The number of hydrogen-bond acceptors (Lipinski definition) is 6. The van der Waals surface area contributed by atoms with E-state index in [0.29, 0.717) is 18.5 Å². The lowest BCUT2D eigenvalue weighted by Crippen LogP contribution is -2.48. The molecule has 3 N–H and O–H groups in total. The van der Waals surface area contributed by atoms with Crippen molar-refractivity contribution in [1.82, 2.24) is 25.1 Å². The summed E-state index contributed by atoms with van der Waals surface area (Å²) in [6, 6.07) is 15.7. The number of carbonyl (C=O) groups excluding carboxylic acids is 1. The first-order valence-electron chi connectivity index (χ1n) is 15.2. The molecule has 2 atom stereocenters. The Hall–Kier alpha value is -3.13. The number of piperazine rings is 1. The number of amides is 1. The van der Waals surface area contributed by atoms with Crippen molar-refractivity contribution < 1.29 is 4.79 Å². The Morgan fingerprint density at radius 1 is 1.02 bits per heavy atom. The number of aryl methyl sites for hydroxylation is 1. The fourth-order valence-electron chi connectivity index (χ4n) is 7.07. The average molecular weight is 539 g/mol. The number of fused-ring (bicyclic) bond motifs is 4. The Morgan fingerprint density at radius 2 is 1.95 bits per heavy atom. The molecular weight excluding hydrogens is 496 g/mol. The van der Waals surface area contributed by atoms with Crippen LogP contribution in [0.4, 0.5) is 0 Å². The highest BCUT2D eigenvalue weighted by Gasteiger charge is 2.34. The number of nitrogens with one attached hydrogen (secondary N) is 1. The van der Waals surface area contributed by atoms with E-state index in [4.69, 9.17) is 15.7 Å². The molecular formula is C33H42N6O. The minimum atomic E-state index is 0.218. The third-order valence-corrected chi connectivity index (χ3v) is 9.01. The number of benzene rings is 1. The van der Waals surface area contributed by atoms with Gasteiger partial charge in [-0.15, -0.1) is 0 Å². The molecule has 0 radical (unpaired) electrons. The molecule has 7 nitrogen and oxygen atoms in total. The van der Waals surface area contributed by atoms with Crippen molar-refractivity contribution in [3.63, 3.8) is 0 Å². The summed E-state index contributed by atoms with van der Waals surface area (Å²) in [6.07, 6.45) is 11.5. The summed E-state index contributed by atoms with van der Waals surface area (Å²) in [5.74, 6) is 0.519. The van der Waals surface area contributed by atoms with Crippen molar-refractivity contribution in [3.8, 4) is 11.1 Å². The SMILES string of the molecule is NCCCCN(Cc1nccc2c1C(CCCN1CCNCC1=O)c1ccccc1-2)[C@H]1CCCc2cccnc21. The van der Waals surface area contributed by atoms with Crippen LogP contribution in [-0.4, -0.2) is 64.9 Å². The largest absolute Gasteiger partial charge is 0.340 e. The second kappa shape index (κ2) is 12.6. The quantitative estimate of drug-likeness (QED) is 0.352. The molecule has 1 fully saturated rings. The Kier molecular flexibility index (Phi) is 8.51. The molecule has 7 heteroatoms. The van der Waals surface area contributed by atoms with E-state index in [1.165, 1.54) is 45.6 Å². The zero-order valence-electron chi connectivity index (χ0n) is 23.5. The van der Waals surface area contributed by atoms with Crippen molar-refractivity contribution in [2.75, 3.05) is 39.3 Å². The molecule has 2 aliphatic carbocycles. The smallest absolute Gasteiger partial charge is 0.236 e. The monoisotopic (exact) mass is 538 g/mol. The molecule has 1 unspecified atom stereocenters. The van der Waals surface area contributed by atoms with Gasteiger partial charge in [-0.3, -0.25) is 19.7 Å². The number of carbonyl (C=O) groups is 1. The Balaban J connectivity index is 1.29. The Bertz CT molecular complexity index is 1330. The van der Waals surface area contributed by atoms with Crippen molar-refractivity contribution >= 4 is 5.91 Å². The van der Waals surface area contributed by atoms with Crippen molar-refractivity contribution in [1.29, 1.82) is 0 Å². The maximum Gasteiger partial charge on any atom is 0.236 e. The summed E-state index contributed by atoms with van der Waals surface area (Å²) in [5, 5.41) is 3.18. The minimum Gasteiger partial charge on any atom is -0.340 e. The van der Waals surface area contributed by atoms with Crippen LogP contribution in [-0.2, 0) is 17.8 Å². The lowest BCUT2D eigenvalue weighted by Gasteiger charge is -2.35. The number of rotatable bonds is 11. The number of pyridine rings is 2. The highest BCUT2D eigenvalue weighted by Crippen LogP contribution is 2.48. The van der Waals surface area contributed by atoms with E-state index < -0.39 is 0 Å². The molecule has 0 bridgehead atoms. The molecule has 40 heavy (non-hydrogen) atoms. The van der Waals surface area contributed by atoms with Crippen LogP contribution in [0.2, 0.25) is 0 Å². The molecule has 3 aliphatic rings. The van der Waals surface area contributed by atoms with E-state index in [-0.39, 0.29) is 5.91 Å². The van der Waals surface area contributed by atoms with Gasteiger partial charge < -0.3 is 16.0 Å².